The van der Waals surface area contributed by atoms with E-state index in [-0.39, 0.29) is 18.5 Å². The SMILES string of the molecule is CCOc1cc(OC2CCNCC2)cc(C(Nc2ccc(C#N)cc2)C(=O)OC)c1.Cl. The van der Waals surface area contributed by atoms with Gasteiger partial charge in [0, 0.05) is 11.8 Å². The van der Waals surface area contributed by atoms with E-state index in [0.717, 1.165) is 25.9 Å². The molecule has 0 aromatic heterocycles. The molecule has 2 aromatic carbocycles. The summed E-state index contributed by atoms with van der Waals surface area (Å²) in [4.78, 5) is 12.6. The Hall–Kier alpha value is -2.95. The second-order valence-corrected chi connectivity index (χ2v) is 7.03. The van der Waals surface area contributed by atoms with Crippen molar-refractivity contribution in [3.63, 3.8) is 0 Å². The Morgan fingerprint density at radius 2 is 1.87 bits per heavy atom. The molecule has 1 atom stereocenters. The molecule has 0 radical (unpaired) electrons. The van der Waals surface area contributed by atoms with Gasteiger partial charge >= 0.3 is 5.97 Å². The molecule has 1 heterocycles. The number of nitrogens with one attached hydrogen (secondary N) is 2. The van der Waals surface area contributed by atoms with E-state index < -0.39 is 12.0 Å². The van der Waals surface area contributed by atoms with Gasteiger partial charge in [-0.3, -0.25) is 0 Å². The van der Waals surface area contributed by atoms with Gasteiger partial charge in [-0.1, -0.05) is 0 Å². The number of hydrogen-bond donors (Lipinski definition) is 2. The van der Waals surface area contributed by atoms with Crippen LogP contribution in [0.15, 0.2) is 42.5 Å². The lowest BCUT2D eigenvalue weighted by Crippen LogP contribution is -2.34. The second kappa shape index (κ2) is 12.0. The molecule has 0 saturated carbocycles. The summed E-state index contributed by atoms with van der Waals surface area (Å²) in [5.41, 5.74) is 1.93. The van der Waals surface area contributed by atoms with Crippen LogP contribution < -0.4 is 20.1 Å². The summed E-state index contributed by atoms with van der Waals surface area (Å²) < 4.78 is 16.9. The van der Waals surface area contributed by atoms with Gasteiger partial charge in [0.25, 0.3) is 0 Å². The minimum Gasteiger partial charge on any atom is -0.494 e. The molecule has 8 heteroatoms. The predicted molar refractivity (Wildman–Crippen MR) is 121 cm³/mol. The number of nitrogens with zero attached hydrogens (tertiary/aromatic N) is 1. The van der Waals surface area contributed by atoms with Crippen molar-refractivity contribution in [3.8, 4) is 17.6 Å². The number of piperidine rings is 1. The van der Waals surface area contributed by atoms with E-state index in [2.05, 4.69) is 16.7 Å². The number of hydrogen-bond acceptors (Lipinski definition) is 7. The molecule has 3 rings (SSSR count). The van der Waals surface area contributed by atoms with Crippen LogP contribution in [-0.4, -0.2) is 38.9 Å². The van der Waals surface area contributed by atoms with E-state index in [9.17, 15) is 4.79 Å². The lowest BCUT2D eigenvalue weighted by molar-refractivity contribution is -0.141. The molecular formula is C23H28ClN3O4. The van der Waals surface area contributed by atoms with E-state index >= 15 is 0 Å². The lowest BCUT2D eigenvalue weighted by atomic mass is 10.0. The lowest BCUT2D eigenvalue weighted by Gasteiger charge is -2.25. The van der Waals surface area contributed by atoms with Crippen LogP contribution in [-0.2, 0) is 9.53 Å². The van der Waals surface area contributed by atoms with Gasteiger partial charge in [-0.2, -0.15) is 5.26 Å². The molecule has 7 nitrogen and oxygen atoms in total. The highest BCUT2D eigenvalue weighted by Crippen LogP contribution is 2.31. The van der Waals surface area contributed by atoms with E-state index in [0.29, 0.717) is 34.9 Å². The number of halogens is 1. The summed E-state index contributed by atoms with van der Waals surface area (Å²) in [7, 11) is 1.36. The van der Waals surface area contributed by atoms with Crippen LogP contribution in [0.1, 0.15) is 36.9 Å². The molecule has 0 amide bonds. The molecule has 1 unspecified atom stereocenters. The summed E-state index contributed by atoms with van der Waals surface area (Å²) in [6, 6.07) is 13.8. The first-order valence-corrected chi connectivity index (χ1v) is 10.1. The molecule has 31 heavy (non-hydrogen) atoms. The predicted octanol–water partition coefficient (Wildman–Crippen LogP) is 3.84. The molecule has 2 N–H and O–H groups in total. The van der Waals surface area contributed by atoms with Crippen LogP contribution >= 0.6 is 12.4 Å². The summed E-state index contributed by atoms with van der Waals surface area (Å²) in [6.45, 7) is 4.26. The highest BCUT2D eigenvalue weighted by atomic mass is 35.5. The maximum atomic E-state index is 12.6. The molecule has 1 aliphatic heterocycles. The number of esters is 1. The first-order chi connectivity index (χ1) is 14.6. The van der Waals surface area contributed by atoms with Gasteiger partial charge in [-0.05, 0) is 74.8 Å². The number of benzene rings is 2. The molecule has 2 aromatic rings. The summed E-state index contributed by atoms with van der Waals surface area (Å²) in [5.74, 6) is 0.869. The van der Waals surface area contributed by atoms with E-state index in [1.54, 1.807) is 24.3 Å². The van der Waals surface area contributed by atoms with Crippen molar-refractivity contribution in [2.75, 3.05) is 32.1 Å². The third kappa shape index (κ3) is 6.78. The Morgan fingerprint density at radius 3 is 2.48 bits per heavy atom. The van der Waals surface area contributed by atoms with Crippen LogP contribution in [0.5, 0.6) is 11.5 Å². The standard InChI is InChI=1S/C23H27N3O4.ClH/c1-3-29-20-12-17(13-21(14-20)30-19-8-10-25-11-9-19)22(23(27)28-2)26-18-6-4-16(15-24)5-7-18;/h4-7,12-14,19,22,25-26H,3,8-11H2,1-2H3;1H. The average molecular weight is 446 g/mol. The van der Waals surface area contributed by atoms with Crippen molar-refractivity contribution < 1.29 is 19.0 Å². The first-order valence-electron chi connectivity index (χ1n) is 10.1. The zero-order chi connectivity index (χ0) is 21.3. The number of nitriles is 1. The fourth-order valence-corrected chi connectivity index (χ4v) is 3.39. The fourth-order valence-electron chi connectivity index (χ4n) is 3.39. The summed E-state index contributed by atoms with van der Waals surface area (Å²) >= 11 is 0. The number of methoxy groups -OCH3 is 1. The largest absolute Gasteiger partial charge is 0.494 e. The Bertz CT molecular complexity index is 893. The van der Waals surface area contributed by atoms with Crippen LogP contribution in [0.4, 0.5) is 5.69 Å². The minimum absolute atomic E-state index is 0. The van der Waals surface area contributed by atoms with Crippen LogP contribution in [0.3, 0.4) is 0 Å². The Balaban J connectivity index is 0.00000341. The second-order valence-electron chi connectivity index (χ2n) is 7.03. The number of carbonyl (C=O) groups excluding carboxylic acids is 1. The molecular weight excluding hydrogens is 418 g/mol. The molecule has 0 aliphatic carbocycles. The van der Waals surface area contributed by atoms with Gasteiger partial charge in [0.2, 0.25) is 0 Å². The maximum Gasteiger partial charge on any atom is 0.332 e. The van der Waals surface area contributed by atoms with Gasteiger partial charge in [-0.15, -0.1) is 12.4 Å². The highest BCUT2D eigenvalue weighted by Gasteiger charge is 2.24. The van der Waals surface area contributed by atoms with E-state index in [4.69, 9.17) is 19.5 Å². The molecule has 1 saturated heterocycles. The Kier molecular flexibility index (Phi) is 9.44. The fraction of sp³-hybridized carbons (Fsp3) is 0.391. The van der Waals surface area contributed by atoms with Crippen molar-refractivity contribution in [1.29, 1.82) is 5.26 Å². The van der Waals surface area contributed by atoms with E-state index in [1.165, 1.54) is 7.11 Å². The monoisotopic (exact) mass is 445 g/mol. The van der Waals surface area contributed by atoms with Crippen LogP contribution in [0.2, 0.25) is 0 Å². The normalized spacial score (nSPS) is 14.5. The minimum atomic E-state index is -0.751. The van der Waals surface area contributed by atoms with Crippen molar-refractivity contribution >= 4 is 24.1 Å². The van der Waals surface area contributed by atoms with E-state index in [1.807, 2.05) is 25.1 Å². The van der Waals surface area contributed by atoms with Gasteiger partial charge in [0.05, 0.1) is 25.3 Å². The smallest absolute Gasteiger partial charge is 0.332 e. The summed E-state index contributed by atoms with van der Waals surface area (Å²) in [5, 5.41) is 15.5. The average Bonchev–Trinajstić information content (AvgIpc) is 2.78. The third-order valence-corrected chi connectivity index (χ3v) is 4.90. The van der Waals surface area contributed by atoms with Crippen LogP contribution in [0.25, 0.3) is 0 Å². The summed E-state index contributed by atoms with van der Waals surface area (Å²) in [6.07, 6.45) is 1.98. The Morgan fingerprint density at radius 1 is 1.19 bits per heavy atom. The number of carbonyl (C=O) groups is 1. The maximum absolute atomic E-state index is 12.6. The highest BCUT2D eigenvalue weighted by molar-refractivity contribution is 5.85. The van der Waals surface area contributed by atoms with Gasteiger partial charge in [-0.25, -0.2) is 4.79 Å². The molecule has 0 spiro atoms. The topological polar surface area (TPSA) is 92.6 Å². The number of anilines is 1. The van der Waals surface area contributed by atoms with Crippen molar-refractivity contribution in [3.05, 3.63) is 53.6 Å². The van der Waals surface area contributed by atoms with Crippen molar-refractivity contribution in [2.24, 2.45) is 0 Å². The molecule has 1 fully saturated rings. The van der Waals surface area contributed by atoms with Crippen molar-refractivity contribution in [1.82, 2.24) is 5.32 Å². The van der Waals surface area contributed by atoms with Gasteiger partial charge in [0.1, 0.15) is 17.6 Å². The zero-order valence-corrected chi connectivity index (χ0v) is 18.5. The van der Waals surface area contributed by atoms with Gasteiger partial charge in [0.15, 0.2) is 6.04 Å². The quantitative estimate of drug-likeness (QED) is 0.596. The Labute approximate surface area is 189 Å². The zero-order valence-electron chi connectivity index (χ0n) is 17.7. The van der Waals surface area contributed by atoms with Gasteiger partial charge < -0.3 is 24.8 Å². The third-order valence-electron chi connectivity index (χ3n) is 4.90. The molecule has 0 bridgehead atoms. The van der Waals surface area contributed by atoms with Crippen molar-refractivity contribution in [2.45, 2.75) is 31.9 Å². The number of ether oxygens (including phenoxy) is 3. The first kappa shape index (κ1) is 24.3. The van der Waals surface area contributed by atoms with Crippen LogP contribution in [0, 0.1) is 11.3 Å². The molecule has 1 aliphatic rings. The number of rotatable bonds is 8. The molecule has 166 valence electrons.